The summed E-state index contributed by atoms with van der Waals surface area (Å²) in [5.41, 5.74) is 0. The third kappa shape index (κ3) is 2.41. The average molecular weight is 178 g/mol. The van der Waals surface area contributed by atoms with Crippen LogP contribution in [0.2, 0.25) is 0 Å². The van der Waals surface area contributed by atoms with Gasteiger partial charge in [0.05, 0.1) is 6.61 Å². The number of alkyl halides is 2. The van der Waals surface area contributed by atoms with Gasteiger partial charge in [0.15, 0.2) is 0 Å². The van der Waals surface area contributed by atoms with Gasteiger partial charge in [0.2, 0.25) is 0 Å². The number of hydrogen-bond acceptors (Lipinski definition) is 1. The number of ether oxygens (including phenoxy) is 1. The first kappa shape index (κ1) is 9.90. The van der Waals surface area contributed by atoms with Gasteiger partial charge in [0.25, 0.3) is 0 Å². The molecule has 3 heteroatoms. The van der Waals surface area contributed by atoms with Crippen molar-refractivity contribution in [2.75, 3.05) is 6.61 Å². The minimum absolute atomic E-state index is 0.227. The van der Waals surface area contributed by atoms with Crippen molar-refractivity contribution in [3.8, 4) is 0 Å². The molecule has 0 atom stereocenters. The normalized spacial score (nSPS) is 19.8. The molecule has 0 aromatic carbocycles. The second-order valence-corrected chi connectivity index (χ2v) is 3.82. The van der Waals surface area contributed by atoms with E-state index in [1.165, 1.54) is 20.3 Å². The van der Waals surface area contributed by atoms with E-state index in [1.807, 2.05) is 0 Å². The van der Waals surface area contributed by atoms with E-state index in [0.717, 1.165) is 12.8 Å². The Morgan fingerprint density at radius 2 is 2.00 bits per heavy atom. The molecular formula is C9H16F2O. The van der Waals surface area contributed by atoms with Crippen LogP contribution in [0.5, 0.6) is 0 Å². The molecule has 1 saturated carbocycles. The predicted molar refractivity (Wildman–Crippen MR) is 43.1 cm³/mol. The van der Waals surface area contributed by atoms with Crippen molar-refractivity contribution in [2.24, 2.45) is 11.8 Å². The third-order valence-electron chi connectivity index (χ3n) is 2.41. The number of hydrogen-bond donors (Lipinski definition) is 0. The van der Waals surface area contributed by atoms with Crippen LogP contribution >= 0.6 is 0 Å². The van der Waals surface area contributed by atoms with Crippen molar-refractivity contribution in [3.63, 3.8) is 0 Å². The summed E-state index contributed by atoms with van der Waals surface area (Å²) in [6.45, 7) is 3.17. The van der Waals surface area contributed by atoms with E-state index in [2.05, 4.69) is 4.74 Å². The van der Waals surface area contributed by atoms with Crippen LogP contribution in [0.3, 0.4) is 0 Å². The lowest BCUT2D eigenvalue weighted by Crippen LogP contribution is -2.31. The van der Waals surface area contributed by atoms with Crippen LogP contribution in [0.4, 0.5) is 8.78 Å². The molecule has 1 aliphatic carbocycles. The Morgan fingerprint density at radius 3 is 2.33 bits per heavy atom. The summed E-state index contributed by atoms with van der Waals surface area (Å²) >= 11 is 0. The highest BCUT2D eigenvalue weighted by Gasteiger charge is 2.35. The van der Waals surface area contributed by atoms with E-state index in [-0.39, 0.29) is 6.61 Å². The van der Waals surface area contributed by atoms with Gasteiger partial charge in [0, 0.05) is 5.92 Å². The average Bonchev–Trinajstić information content (AvgIpc) is 1.83. The van der Waals surface area contributed by atoms with Gasteiger partial charge >= 0.3 is 6.11 Å². The molecule has 1 nitrogen and oxygen atoms in total. The fourth-order valence-corrected chi connectivity index (χ4v) is 1.06. The van der Waals surface area contributed by atoms with Crippen molar-refractivity contribution in [1.29, 1.82) is 0 Å². The van der Waals surface area contributed by atoms with Crippen molar-refractivity contribution in [2.45, 2.75) is 39.2 Å². The fourth-order valence-electron chi connectivity index (χ4n) is 1.06. The molecule has 0 spiro atoms. The van der Waals surface area contributed by atoms with Crippen LogP contribution in [-0.4, -0.2) is 12.7 Å². The lowest BCUT2D eigenvalue weighted by molar-refractivity contribution is -0.272. The molecule has 0 bridgehead atoms. The summed E-state index contributed by atoms with van der Waals surface area (Å²) in [5.74, 6) is -0.341. The van der Waals surface area contributed by atoms with Crippen LogP contribution in [0.15, 0.2) is 0 Å². The molecule has 0 aromatic rings. The molecular weight excluding hydrogens is 162 g/mol. The molecule has 72 valence electrons. The number of rotatable bonds is 4. The highest BCUT2D eigenvalue weighted by molar-refractivity contribution is 4.70. The molecule has 12 heavy (non-hydrogen) atoms. The Kier molecular flexibility index (Phi) is 3.04. The Hall–Kier alpha value is -0.180. The molecule has 1 rings (SSSR count). The molecule has 0 saturated heterocycles. The zero-order valence-electron chi connectivity index (χ0n) is 7.65. The molecule has 0 radical (unpaired) electrons. The third-order valence-corrected chi connectivity index (χ3v) is 2.41. The van der Waals surface area contributed by atoms with Crippen molar-refractivity contribution < 1.29 is 13.5 Å². The summed E-state index contributed by atoms with van der Waals surface area (Å²) in [7, 11) is 0. The zero-order chi connectivity index (χ0) is 9.19. The quantitative estimate of drug-likeness (QED) is 0.643. The fraction of sp³-hybridized carbons (Fsp3) is 1.00. The smallest absolute Gasteiger partial charge is 0.320 e. The van der Waals surface area contributed by atoms with E-state index in [1.54, 1.807) is 0 Å². The second-order valence-electron chi connectivity index (χ2n) is 3.82. The monoisotopic (exact) mass is 178 g/mol. The largest absolute Gasteiger partial charge is 0.357 e. The Bertz CT molecular complexity index is 141. The lowest BCUT2D eigenvalue weighted by atomic mass is 9.86. The maximum absolute atomic E-state index is 12.8. The van der Waals surface area contributed by atoms with E-state index in [4.69, 9.17) is 0 Å². The molecule has 0 aliphatic heterocycles. The summed E-state index contributed by atoms with van der Waals surface area (Å²) in [4.78, 5) is 0. The van der Waals surface area contributed by atoms with E-state index in [0.29, 0.717) is 5.92 Å². The molecule has 0 aromatic heterocycles. The van der Waals surface area contributed by atoms with Crippen LogP contribution in [0.25, 0.3) is 0 Å². The van der Waals surface area contributed by atoms with Gasteiger partial charge in [0.1, 0.15) is 0 Å². The summed E-state index contributed by atoms with van der Waals surface area (Å²) in [5, 5.41) is 0. The molecule has 1 fully saturated rings. The topological polar surface area (TPSA) is 9.23 Å². The van der Waals surface area contributed by atoms with Crippen LogP contribution in [0, 0.1) is 11.8 Å². The second kappa shape index (κ2) is 3.69. The predicted octanol–water partition coefficient (Wildman–Crippen LogP) is 3.05. The summed E-state index contributed by atoms with van der Waals surface area (Å²) < 4.78 is 30.3. The van der Waals surface area contributed by atoms with E-state index in [9.17, 15) is 8.78 Å². The Balaban J connectivity index is 2.19. The first-order valence-electron chi connectivity index (χ1n) is 4.54. The van der Waals surface area contributed by atoms with Gasteiger partial charge in [-0.2, -0.15) is 8.78 Å². The van der Waals surface area contributed by atoms with E-state index >= 15 is 0 Å². The lowest BCUT2D eigenvalue weighted by Gasteiger charge is -2.28. The maximum atomic E-state index is 12.8. The molecule has 0 N–H and O–H groups in total. The SMILES string of the molecule is CC(C)C(F)(F)OCC1CCC1. The van der Waals surface area contributed by atoms with E-state index < -0.39 is 12.0 Å². The minimum atomic E-state index is -2.93. The van der Waals surface area contributed by atoms with Crippen LogP contribution in [-0.2, 0) is 4.74 Å². The standard InChI is InChI=1S/C9H16F2O/c1-7(2)9(10,11)12-6-8-4-3-5-8/h7-8H,3-6H2,1-2H3. The first-order chi connectivity index (χ1) is 5.52. The van der Waals surface area contributed by atoms with Crippen LogP contribution in [0.1, 0.15) is 33.1 Å². The first-order valence-corrected chi connectivity index (χ1v) is 4.54. The molecule has 1 aliphatic rings. The molecule has 0 unspecified atom stereocenters. The Labute approximate surface area is 72.1 Å². The van der Waals surface area contributed by atoms with Gasteiger partial charge in [-0.15, -0.1) is 0 Å². The van der Waals surface area contributed by atoms with Crippen molar-refractivity contribution >= 4 is 0 Å². The van der Waals surface area contributed by atoms with Crippen LogP contribution < -0.4 is 0 Å². The highest BCUT2D eigenvalue weighted by Crippen LogP contribution is 2.31. The van der Waals surface area contributed by atoms with Crippen molar-refractivity contribution in [3.05, 3.63) is 0 Å². The highest BCUT2D eigenvalue weighted by atomic mass is 19.3. The van der Waals surface area contributed by atoms with Gasteiger partial charge < -0.3 is 4.74 Å². The molecule has 0 amide bonds. The summed E-state index contributed by atoms with van der Waals surface area (Å²) in [6, 6.07) is 0. The maximum Gasteiger partial charge on any atom is 0.357 e. The Morgan fingerprint density at radius 1 is 1.42 bits per heavy atom. The van der Waals surface area contributed by atoms with Gasteiger partial charge in [-0.25, -0.2) is 0 Å². The van der Waals surface area contributed by atoms with Gasteiger partial charge in [-0.1, -0.05) is 20.3 Å². The van der Waals surface area contributed by atoms with Crippen molar-refractivity contribution in [1.82, 2.24) is 0 Å². The van der Waals surface area contributed by atoms with Gasteiger partial charge in [-0.05, 0) is 18.8 Å². The zero-order valence-corrected chi connectivity index (χ0v) is 7.65. The summed E-state index contributed by atoms with van der Waals surface area (Å²) in [6.07, 6.45) is 0.333. The minimum Gasteiger partial charge on any atom is -0.320 e. The molecule has 0 heterocycles. The number of halogens is 2. The van der Waals surface area contributed by atoms with Gasteiger partial charge in [-0.3, -0.25) is 0 Å².